The van der Waals surface area contributed by atoms with Crippen molar-refractivity contribution < 1.29 is 4.79 Å². The molecule has 1 heterocycles. The maximum atomic E-state index is 12.2. The molecular formula is C17H17ClN2O. The van der Waals surface area contributed by atoms with Crippen LogP contribution in [0.25, 0.3) is 0 Å². The molecule has 108 valence electrons. The van der Waals surface area contributed by atoms with Crippen molar-refractivity contribution in [3.8, 4) is 0 Å². The van der Waals surface area contributed by atoms with Gasteiger partial charge in [-0.05, 0) is 55.3 Å². The summed E-state index contributed by atoms with van der Waals surface area (Å²) in [6.07, 6.45) is 1.08. The van der Waals surface area contributed by atoms with Crippen LogP contribution < -0.4 is 10.2 Å². The molecule has 21 heavy (non-hydrogen) atoms. The highest BCUT2D eigenvalue weighted by molar-refractivity contribution is 6.30. The molecule has 0 saturated heterocycles. The average Bonchev–Trinajstić information content (AvgIpc) is 2.90. The van der Waals surface area contributed by atoms with Gasteiger partial charge in [-0.2, -0.15) is 0 Å². The highest BCUT2D eigenvalue weighted by atomic mass is 35.5. The smallest absolute Gasteiger partial charge is 0.255 e. The predicted molar refractivity (Wildman–Crippen MR) is 87.4 cm³/mol. The highest BCUT2D eigenvalue weighted by Crippen LogP contribution is 2.30. The molecule has 0 aromatic heterocycles. The number of nitrogens with zero attached hydrogens (tertiary/aromatic N) is 1. The van der Waals surface area contributed by atoms with E-state index in [1.807, 2.05) is 6.07 Å². The van der Waals surface area contributed by atoms with Gasteiger partial charge in [-0.1, -0.05) is 17.7 Å². The van der Waals surface area contributed by atoms with E-state index in [0.29, 0.717) is 10.6 Å². The lowest BCUT2D eigenvalue weighted by molar-refractivity contribution is 0.102. The molecule has 1 aliphatic rings. The SMILES string of the molecule is CCN1CCc2ccc(NC(=O)c3ccc(Cl)cc3)cc21. The summed E-state index contributed by atoms with van der Waals surface area (Å²) in [5.74, 6) is -0.118. The number of hydrogen-bond acceptors (Lipinski definition) is 2. The Morgan fingerprint density at radius 3 is 2.71 bits per heavy atom. The van der Waals surface area contributed by atoms with Crippen LogP contribution >= 0.6 is 11.6 Å². The molecule has 0 spiro atoms. The lowest BCUT2D eigenvalue weighted by atomic mass is 10.1. The lowest BCUT2D eigenvalue weighted by Crippen LogP contribution is -2.19. The van der Waals surface area contributed by atoms with Crippen LogP contribution in [0.15, 0.2) is 42.5 Å². The van der Waals surface area contributed by atoms with Gasteiger partial charge in [0.1, 0.15) is 0 Å². The largest absolute Gasteiger partial charge is 0.371 e. The molecule has 2 aromatic carbocycles. The fourth-order valence-corrected chi connectivity index (χ4v) is 2.78. The third-order valence-corrected chi connectivity index (χ3v) is 4.08. The molecule has 0 bridgehead atoms. The fraction of sp³-hybridized carbons (Fsp3) is 0.235. The third-order valence-electron chi connectivity index (χ3n) is 3.82. The van der Waals surface area contributed by atoms with Gasteiger partial charge in [-0.3, -0.25) is 4.79 Å². The molecule has 3 nitrogen and oxygen atoms in total. The second-order valence-electron chi connectivity index (χ2n) is 5.13. The van der Waals surface area contributed by atoms with Crippen molar-refractivity contribution in [2.24, 2.45) is 0 Å². The zero-order valence-electron chi connectivity index (χ0n) is 11.9. The van der Waals surface area contributed by atoms with Gasteiger partial charge in [0.05, 0.1) is 0 Å². The summed E-state index contributed by atoms with van der Waals surface area (Å²) in [6.45, 7) is 4.19. The third kappa shape index (κ3) is 2.88. The zero-order valence-corrected chi connectivity index (χ0v) is 12.7. The molecule has 4 heteroatoms. The molecule has 1 N–H and O–H groups in total. The van der Waals surface area contributed by atoms with Crippen molar-refractivity contribution in [2.75, 3.05) is 23.3 Å². The summed E-state index contributed by atoms with van der Waals surface area (Å²) in [6, 6.07) is 13.0. The molecule has 2 aromatic rings. The Morgan fingerprint density at radius 2 is 2.00 bits per heavy atom. The number of amides is 1. The Hall–Kier alpha value is -2.00. The maximum absolute atomic E-state index is 12.2. The van der Waals surface area contributed by atoms with Crippen LogP contribution in [0.2, 0.25) is 5.02 Å². The van der Waals surface area contributed by atoms with Gasteiger partial charge >= 0.3 is 0 Å². The standard InChI is InChI=1S/C17H17ClN2O/c1-2-20-10-9-12-5-8-15(11-16(12)20)19-17(21)13-3-6-14(18)7-4-13/h3-8,11H,2,9-10H2,1H3,(H,19,21). The number of carbonyl (C=O) groups excluding carboxylic acids is 1. The Kier molecular flexibility index (Phi) is 3.84. The minimum atomic E-state index is -0.118. The van der Waals surface area contributed by atoms with E-state index in [2.05, 4.69) is 29.3 Å². The van der Waals surface area contributed by atoms with Gasteiger partial charge < -0.3 is 10.2 Å². The first-order valence-electron chi connectivity index (χ1n) is 7.12. The van der Waals surface area contributed by atoms with Crippen molar-refractivity contribution in [1.82, 2.24) is 0 Å². The summed E-state index contributed by atoms with van der Waals surface area (Å²) in [7, 11) is 0. The molecule has 1 aliphatic heterocycles. The first-order chi connectivity index (χ1) is 10.2. The number of nitrogens with one attached hydrogen (secondary N) is 1. The molecule has 0 radical (unpaired) electrons. The van der Waals surface area contributed by atoms with Crippen LogP contribution in [-0.4, -0.2) is 19.0 Å². The van der Waals surface area contributed by atoms with E-state index in [1.165, 1.54) is 11.3 Å². The highest BCUT2D eigenvalue weighted by Gasteiger charge is 2.18. The zero-order chi connectivity index (χ0) is 14.8. The molecule has 0 aliphatic carbocycles. The molecule has 0 unspecified atom stereocenters. The fourth-order valence-electron chi connectivity index (χ4n) is 2.66. The van der Waals surface area contributed by atoms with Gasteiger partial charge in [0.15, 0.2) is 0 Å². The number of fused-ring (bicyclic) bond motifs is 1. The van der Waals surface area contributed by atoms with Crippen molar-refractivity contribution in [3.05, 3.63) is 58.6 Å². The summed E-state index contributed by atoms with van der Waals surface area (Å²) >= 11 is 5.84. The monoisotopic (exact) mass is 300 g/mol. The summed E-state index contributed by atoms with van der Waals surface area (Å²) in [5, 5.41) is 3.57. The topological polar surface area (TPSA) is 32.3 Å². The Bertz CT molecular complexity index is 667. The van der Waals surface area contributed by atoms with E-state index < -0.39 is 0 Å². The second kappa shape index (κ2) is 5.78. The van der Waals surface area contributed by atoms with E-state index in [0.717, 1.165) is 25.2 Å². The number of carbonyl (C=O) groups is 1. The number of anilines is 2. The molecule has 1 amide bonds. The molecule has 0 fully saturated rings. The Balaban J connectivity index is 1.79. The van der Waals surface area contributed by atoms with Crippen LogP contribution in [0, 0.1) is 0 Å². The predicted octanol–water partition coefficient (Wildman–Crippen LogP) is 3.97. The van der Waals surface area contributed by atoms with E-state index in [-0.39, 0.29) is 5.91 Å². The number of rotatable bonds is 3. The quantitative estimate of drug-likeness (QED) is 0.930. The van der Waals surface area contributed by atoms with Gasteiger partial charge in [-0.25, -0.2) is 0 Å². The number of hydrogen-bond donors (Lipinski definition) is 1. The minimum Gasteiger partial charge on any atom is -0.371 e. The van der Waals surface area contributed by atoms with Gasteiger partial charge in [-0.15, -0.1) is 0 Å². The molecule has 3 rings (SSSR count). The van der Waals surface area contributed by atoms with Crippen LogP contribution in [0.3, 0.4) is 0 Å². The van der Waals surface area contributed by atoms with Crippen LogP contribution in [0.5, 0.6) is 0 Å². The number of halogens is 1. The van der Waals surface area contributed by atoms with Crippen molar-refractivity contribution in [3.63, 3.8) is 0 Å². The van der Waals surface area contributed by atoms with E-state index in [1.54, 1.807) is 24.3 Å². The number of benzene rings is 2. The van der Waals surface area contributed by atoms with Gasteiger partial charge in [0.2, 0.25) is 0 Å². The number of likely N-dealkylation sites (N-methyl/N-ethyl adjacent to an activating group) is 1. The lowest BCUT2D eigenvalue weighted by Gasteiger charge is -2.17. The normalized spacial score (nSPS) is 13.1. The van der Waals surface area contributed by atoms with Crippen molar-refractivity contribution in [1.29, 1.82) is 0 Å². The Labute approximate surface area is 129 Å². The van der Waals surface area contributed by atoms with E-state index in [9.17, 15) is 4.79 Å². The van der Waals surface area contributed by atoms with Gasteiger partial charge in [0.25, 0.3) is 5.91 Å². The summed E-state index contributed by atoms with van der Waals surface area (Å²) in [5.41, 5.74) is 4.01. The van der Waals surface area contributed by atoms with Crippen LogP contribution in [0.4, 0.5) is 11.4 Å². The molecule has 0 saturated carbocycles. The summed E-state index contributed by atoms with van der Waals surface area (Å²) < 4.78 is 0. The first-order valence-corrected chi connectivity index (χ1v) is 7.50. The van der Waals surface area contributed by atoms with E-state index in [4.69, 9.17) is 11.6 Å². The van der Waals surface area contributed by atoms with Crippen molar-refractivity contribution >= 4 is 28.9 Å². The van der Waals surface area contributed by atoms with Gasteiger partial charge in [0, 0.05) is 35.1 Å². The van der Waals surface area contributed by atoms with E-state index >= 15 is 0 Å². The Morgan fingerprint density at radius 1 is 1.24 bits per heavy atom. The van der Waals surface area contributed by atoms with Crippen LogP contribution in [-0.2, 0) is 6.42 Å². The first kappa shape index (κ1) is 14.0. The average molecular weight is 301 g/mol. The minimum absolute atomic E-state index is 0.118. The van der Waals surface area contributed by atoms with Crippen molar-refractivity contribution in [2.45, 2.75) is 13.3 Å². The molecule has 0 atom stereocenters. The second-order valence-corrected chi connectivity index (χ2v) is 5.57. The maximum Gasteiger partial charge on any atom is 0.255 e. The van der Waals surface area contributed by atoms with Crippen LogP contribution in [0.1, 0.15) is 22.8 Å². The molecular weight excluding hydrogens is 284 g/mol. The summed E-state index contributed by atoms with van der Waals surface area (Å²) in [4.78, 5) is 14.5.